The van der Waals surface area contributed by atoms with Crippen LogP contribution < -0.4 is 14.2 Å². The van der Waals surface area contributed by atoms with Gasteiger partial charge in [0.05, 0.1) is 30.1 Å². The number of aryl methyl sites for hydroxylation is 2. The van der Waals surface area contributed by atoms with Gasteiger partial charge in [0.1, 0.15) is 6.61 Å². The summed E-state index contributed by atoms with van der Waals surface area (Å²) in [6.45, 7) is 2.31. The zero-order valence-corrected chi connectivity index (χ0v) is 13.5. The third-order valence-electron chi connectivity index (χ3n) is 3.00. The Morgan fingerprint density at radius 1 is 1.20 bits per heavy atom. The van der Waals surface area contributed by atoms with Gasteiger partial charge in [0.2, 0.25) is 5.75 Å². The molecule has 2 aromatic rings. The van der Waals surface area contributed by atoms with Crippen molar-refractivity contribution in [2.45, 2.75) is 13.5 Å². The van der Waals surface area contributed by atoms with Crippen LogP contribution in [-0.4, -0.2) is 24.0 Å². The molecule has 0 spiro atoms. The number of aromatic nitrogens is 2. The number of hydrogen-bond acceptors (Lipinski definition) is 4. The topological polar surface area (TPSA) is 45.5 Å². The zero-order valence-electron chi connectivity index (χ0n) is 11.9. The van der Waals surface area contributed by atoms with Crippen molar-refractivity contribution in [3.63, 3.8) is 0 Å². The van der Waals surface area contributed by atoms with Crippen molar-refractivity contribution in [2.24, 2.45) is 7.05 Å². The van der Waals surface area contributed by atoms with Crippen LogP contribution in [-0.2, 0) is 13.7 Å². The summed E-state index contributed by atoms with van der Waals surface area (Å²) >= 11 is 3.52. The highest BCUT2D eigenvalue weighted by Crippen LogP contribution is 2.37. The second kappa shape index (κ2) is 6.17. The van der Waals surface area contributed by atoms with Crippen LogP contribution in [0.5, 0.6) is 17.2 Å². The first-order valence-corrected chi connectivity index (χ1v) is 6.89. The molecule has 2 rings (SSSR count). The average molecular weight is 341 g/mol. The molecule has 1 aromatic carbocycles. The molecule has 0 radical (unpaired) electrons. The van der Waals surface area contributed by atoms with Gasteiger partial charge in [-0.1, -0.05) is 6.07 Å². The number of rotatable bonds is 5. The fraction of sp³-hybridized carbons (Fsp3) is 0.357. The van der Waals surface area contributed by atoms with E-state index in [-0.39, 0.29) is 0 Å². The Morgan fingerprint density at radius 2 is 1.80 bits per heavy atom. The number of benzene rings is 1. The van der Waals surface area contributed by atoms with E-state index in [4.69, 9.17) is 14.2 Å². The first kappa shape index (κ1) is 14.7. The van der Waals surface area contributed by atoms with Gasteiger partial charge in [0.15, 0.2) is 11.5 Å². The first-order valence-electron chi connectivity index (χ1n) is 6.10. The lowest BCUT2D eigenvalue weighted by molar-refractivity contribution is 0.258. The number of halogens is 1. The van der Waals surface area contributed by atoms with Gasteiger partial charge in [-0.15, -0.1) is 0 Å². The molecule has 5 nitrogen and oxygen atoms in total. The van der Waals surface area contributed by atoms with E-state index in [1.54, 1.807) is 18.9 Å². The summed E-state index contributed by atoms with van der Waals surface area (Å²) in [7, 11) is 5.09. The molecule has 0 unspecified atom stereocenters. The van der Waals surface area contributed by atoms with Crippen molar-refractivity contribution in [3.05, 3.63) is 34.1 Å². The molecule has 0 saturated carbocycles. The van der Waals surface area contributed by atoms with E-state index in [9.17, 15) is 0 Å². The molecule has 0 aliphatic heterocycles. The minimum absolute atomic E-state index is 0.370. The van der Waals surface area contributed by atoms with Crippen LogP contribution >= 0.6 is 15.9 Å². The van der Waals surface area contributed by atoms with Crippen LogP contribution in [0, 0.1) is 6.92 Å². The Bertz CT molecular complexity index is 588. The van der Waals surface area contributed by atoms with Gasteiger partial charge in [-0.3, -0.25) is 4.68 Å². The van der Waals surface area contributed by atoms with E-state index in [0.717, 1.165) is 15.9 Å². The number of nitrogens with zero attached hydrogens (tertiary/aromatic N) is 2. The molecule has 0 saturated heterocycles. The summed E-state index contributed by atoms with van der Waals surface area (Å²) < 4.78 is 19.2. The number of hydrogen-bond donors (Lipinski definition) is 0. The van der Waals surface area contributed by atoms with E-state index >= 15 is 0 Å². The number of methoxy groups -OCH3 is 2. The van der Waals surface area contributed by atoms with Crippen molar-refractivity contribution >= 4 is 15.9 Å². The summed E-state index contributed by atoms with van der Waals surface area (Å²) in [4.78, 5) is 0. The third kappa shape index (κ3) is 2.75. The van der Waals surface area contributed by atoms with Crippen LogP contribution in [0.15, 0.2) is 22.7 Å². The summed E-state index contributed by atoms with van der Waals surface area (Å²) in [5.74, 6) is 1.86. The molecule has 6 heteroatoms. The lowest BCUT2D eigenvalue weighted by Gasteiger charge is -2.14. The molecule has 0 amide bonds. The van der Waals surface area contributed by atoms with E-state index in [1.165, 1.54) is 0 Å². The minimum atomic E-state index is 0.370. The van der Waals surface area contributed by atoms with Gasteiger partial charge in [-0.05, 0) is 35.0 Å². The van der Waals surface area contributed by atoms with Gasteiger partial charge in [0.25, 0.3) is 0 Å². The molecule has 1 heterocycles. The summed E-state index contributed by atoms with van der Waals surface area (Å²) in [6.07, 6.45) is 0. The number of para-hydroxylation sites is 1. The highest BCUT2D eigenvalue weighted by atomic mass is 79.9. The molecular weight excluding hydrogens is 324 g/mol. The van der Waals surface area contributed by atoms with Crippen LogP contribution in [0.25, 0.3) is 0 Å². The molecule has 0 aliphatic carbocycles. The molecule has 0 atom stereocenters. The number of ether oxygens (including phenoxy) is 3. The van der Waals surface area contributed by atoms with Gasteiger partial charge in [0, 0.05) is 7.05 Å². The smallest absolute Gasteiger partial charge is 0.203 e. The Kier molecular flexibility index (Phi) is 4.54. The maximum atomic E-state index is 5.87. The van der Waals surface area contributed by atoms with Crippen LogP contribution in [0.3, 0.4) is 0 Å². The third-order valence-corrected chi connectivity index (χ3v) is 4.03. The standard InChI is InChI=1S/C14H17BrN2O3/c1-9-13(15)10(17(2)16-9)8-20-14-11(18-3)6-5-7-12(14)19-4/h5-7H,8H2,1-4H3. The second-order valence-corrected chi connectivity index (χ2v) is 5.04. The summed E-state index contributed by atoms with van der Waals surface area (Å²) in [6, 6.07) is 5.53. The quantitative estimate of drug-likeness (QED) is 0.838. The van der Waals surface area contributed by atoms with Crippen LogP contribution in [0.4, 0.5) is 0 Å². The van der Waals surface area contributed by atoms with Crippen LogP contribution in [0.1, 0.15) is 11.4 Å². The molecule has 0 bridgehead atoms. The first-order chi connectivity index (χ1) is 9.58. The lowest BCUT2D eigenvalue weighted by atomic mass is 10.3. The van der Waals surface area contributed by atoms with Crippen molar-refractivity contribution in [2.75, 3.05) is 14.2 Å². The molecule has 20 heavy (non-hydrogen) atoms. The summed E-state index contributed by atoms with van der Waals surface area (Å²) in [5.41, 5.74) is 1.88. The minimum Gasteiger partial charge on any atom is -0.493 e. The van der Waals surface area contributed by atoms with Gasteiger partial charge in [-0.2, -0.15) is 5.10 Å². The summed E-state index contributed by atoms with van der Waals surface area (Å²) in [5, 5.41) is 4.34. The largest absolute Gasteiger partial charge is 0.493 e. The molecule has 1 aromatic heterocycles. The Hall–Kier alpha value is -1.69. The van der Waals surface area contributed by atoms with E-state index < -0.39 is 0 Å². The highest BCUT2D eigenvalue weighted by molar-refractivity contribution is 9.10. The highest BCUT2D eigenvalue weighted by Gasteiger charge is 2.15. The van der Waals surface area contributed by atoms with Crippen molar-refractivity contribution in [1.29, 1.82) is 0 Å². The zero-order chi connectivity index (χ0) is 14.7. The second-order valence-electron chi connectivity index (χ2n) is 4.25. The van der Waals surface area contributed by atoms with Crippen molar-refractivity contribution in [1.82, 2.24) is 9.78 Å². The fourth-order valence-electron chi connectivity index (χ4n) is 1.94. The van der Waals surface area contributed by atoms with Gasteiger partial charge in [-0.25, -0.2) is 0 Å². The predicted octanol–water partition coefficient (Wildman–Crippen LogP) is 3.09. The van der Waals surface area contributed by atoms with Gasteiger partial charge >= 0.3 is 0 Å². The van der Waals surface area contributed by atoms with Crippen molar-refractivity contribution < 1.29 is 14.2 Å². The molecule has 0 N–H and O–H groups in total. The Morgan fingerprint density at radius 3 is 2.25 bits per heavy atom. The van der Waals surface area contributed by atoms with E-state index in [1.807, 2.05) is 32.2 Å². The average Bonchev–Trinajstić information content (AvgIpc) is 2.69. The normalized spacial score (nSPS) is 10.4. The van der Waals surface area contributed by atoms with E-state index in [2.05, 4.69) is 21.0 Å². The van der Waals surface area contributed by atoms with Gasteiger partial charge < -0.3 is 14.2 Å². The monoisotopic (exact) mass is 340 g/mol. The molecule has 108 valence electrons. The molecule has 0 aliphatic rings. The van der Waals surface area contributed by atoms with E-state index in [0.29, 0.717) is 23.9 Å². The molecule has 0 fully saturated rings. The Balaban J connectivity index is 2.26. The maximum Gasteiger partial charge on any atom is 0.203 e. The fourth-order valence-corrected chi connectivity index (χ4v) is 2.39. The molecular formula is C14H17BrN2O3. The lowest BCUT2D eigenvalue weighted by Crippen LogP contribution is -2.05. The predicted molar refractivity (Wildman–Crippen MR) is 79.5 cm³/mol. The SMILES string of the molecule is COc1cccc(OC)c1OCc1c(Br)c(C)nn1C. The maximum absolute atomic E-state index is 5.87. The van der Waals surface area contributed by atoms with Crippen molar-refractivity contribution in [3.8, 4) is 17.2 Å². The Labute approximate surface area is 126 Å². The van der Waals surface area contributed by atoms with Crippen LogP contribution in [0.2, 0.25) is 0 Å².